The van der Waals surface area contributed by atoms with Crippen LogP contribution < -0.4 is 0 Å². The number of carbonyl (C=O) groups is 1. The molecule has 2 atom stereocenters. The van der Waals surface area contributed by atoms with E-state index in [0.717, 1.165) is 24.2 Å². The van der Waals surface area contributed by atoms with E-state index in [9.17, 15) is 4.79 Å². The number of aliphatic carboxylic acids is 1. The molecular formula is C21H40O2. The van der Waals surface area contributed by atoms with Gasteiger partial charge in [-0.15, -0.1) is 0 Å². The first-order chi connectivity index (χ1) is 11.1. The summed E-state index contributed by atoms with van der Waals surface area (Å²) in [6.07, 6.45) is 19.5. The Bertz CT molecular complexity index is 298. The van der Waals surface area contributed by atoms with Gasteiger partial charge in [0.15, 0.2) is 0 Å². The van der Waals surface area contributed by atoms with E-state index in [1.807, 2.05) is 0 Å². The molecule has 0 aromatic rings. The zero-order valence-corrected chi connectivity index (χ0v) is 15.7. The first-order valence-electron chi connectivity index (χ1n) is 10.3. The van der Waals surface area contributed by atoms with E-state index in [0.29, 0.717) is 6.42 Å². The zero-order valence-electron chi connectivity index (χ0n) is 15.7. The fraction of sp³-hybridized carbons (Fsp3) is 0.952. The van der Waals surface area contributed by atoms with Crippen LogP contribution in [0.5, 0.6) is 0 Å². The molecule has 1 aliphatic carbocycles. The summed E-state index contributed by atoms with van der Waals surface area (Å²) >= 11 is 0. The van der Waals surface area contributed by atoms with Gasteiger partial charge in [0.2, 0.25) is 0 Å². The van der Waals surface area contributed by atoms with Gasteiger partial charge in [-0.05, 0) is 30.6 Å². The number of rotatable bonds is 16. The van der Waals surface area contributed by atoms with Crippen LogP contribution in [0.4, 0.5) is 0 Å². The first kappa shape index (κ1) is 20.5. The minimum Gasteiger partial charge on any atom is -0.481 e. The second kappa shape index (κ2) is 12.8. The van der Waals surface area contributed by atoms with Crippen LogP contribution in [0.3, 0.4) is 0 Å². The van der Waals surface area contributed by atoms with E-state index in [1.165, 1.54) is 83.5 Å². The molecule has 0 bridgehead atoms. The Labute approximate surface area is 144 Å². The molecule has 0 radical (unpaired) electrons. The summed E-state index contributed by atoms with van der Waals surface area (Å²) in [5.74, 6) is 1.84. The molecule has 1 saturated carbocycles. The maximum atomic E-state index is 10.5. The second-order valence-corrected chi connectivity index (χ2v) is 8.20. The van der Waals surface area contributed by atoms with Crippen LogP contribution >= 0.6 is 0 Å². The summed E-state index contributed by atoms with van der Waals surface area (Å²) in [6, 6.07) is 0. The van der Waals surface area contributed by atoms with Gasteiger partial charge in [-0.25, -0.2) is 0 Å². The van der Waals surface area contributed by atoms with E-state index in [-0.39, 0.29) is 0 Å². The van der Waals surface area contributed by atoms with Crippen molar-refractivity contribution in [2.75, 3.05) is 0 Å². The average molecular weight is 325 g/mol. The van der Waals surface area contributed by atoms with Crippen molar-refractivity contribution in [1.82, 2.24) is 0 Å². The second-order valence-electron chi connectivity index (χ2n) is 8.20. The fourth-order valence-corrected chi connectivity index (χ4v) is 3.70. The molecule has 1 N–H and O–H groups in total. The normalized spacial score (nSPS) is 20.1. The van der Waals surface area contributed by atoms with Gasteiger partial charge in [-0.3, -0.25) is 4.79 Å². The third-order valence-electron chi connectivity index (χ3n) is 5.40. The predicted molar refractivity (Wildman–Crippen MR) is 98.7 cm³/mol. The standard InChI is InChI=1S/C21H40O2/c1-18(2)13-11-9-7-5-3-4-6-8-10-12-14-19-17-20(19)15-16-21(22)23/h18-20H,3-17H2,1-2H3,(H,22,23). The summed E-state index contributed by atoms with van der Waals surface area (Å²) in [7, 11) is 0. The third-order valence-corrected chi connectivity index (χ3v) is 5.40. The molecule has 2 heteroatoms. The quantitative estimate of drug-likeness (QED) is 0.316. The van der Waals surface area contributed by atoms with Crippen LogP contribution in [0, 0.1) is 17.8 Å². The van der Waals surface area contributed by atoms with E-state index in [2.05, 4.69) is 13.8 Å². The van der Waals surface area contributed by atoms with Gasteiger partial charge in [-0.1, -0.05) is 90.9 Å². The SMILES string of the molecule is CC(C)CCCCCCCCCCCCC1CC1CCC(=O)O. The van der Waals surface area contributed by atoms with Crippen LogP contribution in [-0.2, 0) is 4.79 Å². The van der Waals surface area contributed by atoms with Gasteiger partial charge < -0.3 is 5.11 Å². The van der Waals surface area contributed by atoms with Crippen molar-refractivity contribution in [2.24, 2.45) is 17.8 Å². The van der Waals surface area contributed by atoms with Gasteiger partial charge in [0.1, 0.15) is 0 Å². The molecule has 0 saturated heterocycles. The molecule has 0 amide bonds. The van der Waals surface area contributed by atoms with Gasteiger partial charge in [0, 0.05) is 6.42 Å². The molecule has 1 rings (SSSR count). The Kier molecular flexibility index (Phi) is 11.5. The van der Waals surface area contributed by atoms with Gasteiger partial charge in [0.25, 0.3) is 0 Å². The van der Waals surface area contributed by atoms with Crippen LogP contribution in [0.25, 0.3) is 0 Å². The summed E-state index contributed by atoms with van der Waals surface area (Å²) in [5, 5.41) is 8.68. The van der Waals surface area contributed by atoms with Gasteiger partial charge in [-0.2, -0.15) is 0 Å². The smallest absolute Gasteiger partial charge is 0.303 e. The fourth-order valence-electron chi connectivity index (χ4n) is 3.70. The minimum atomic E-state index is -0.629. The maximum absolute atomic E-state index is 10.5. The van der Waals surface area contributed by atoms with Gasteiger partial charge >= 0.3 is 5.97 Å². The molecule has 0 aromatic heterocycles. The summed E-state index contributed by atoms with van der Waals surface area (Å²) in [6.45, 7) is 4.64. The lowest BCUT2D eigenvalue weighted by atomic mass is 10.0. The highest BCUT2D eigenvalue weighted by atomic mass is 16.4. The topological polar surface area (TPSA) is 37.3 Å². The summed E-state index contributed by atoms with van der Waals surface area (Å²) in [5.41, 5.74) is 0. The van der Waals surface area contributed by atoms with Crippen LogP contribution in [0.15, 0.2) is 0 Å². The highest BCUT2D eigenvalue weighted by Crippen LogP contribution is 2.45. The highest BCUT2D eigenvalue weighted by molar-refractivity contribution is 5.66. The van der Waals surface area contributed by atoms with Crippen molar-refractivity contribution in [3.63, 3.8) is 0 Å². The average Bonchev–Trinajstić information content (AvgIpc) is 3.24. The van der Waals surface area contributed by atoms with Crippen molar-refractivity contribution in [3.05, 3.63) is 0 Å². The molecule has 0 spiro atoms. The van der Waals surface area contributed by atoms with Crippen molar-refractivity contribution in [3.8, 4) is 0 Å². The third kappa shape index (κ3) is 12.5. The van der Waals surface area contributed by atoms with Crippen LogP contribution in [0.1, 0.15) is 110 Å². The number of hydrogen-bond donors (Lipinski definition) is 1. The lowest BCUT2D eigenvalue weighted by Crippen LogP contribution is -1.95. The largest absolute Gasteiger partial charge is 0.481 e. The Morgan fingerprint density at radius 2 is 1.30 bits per heavy atom. The van der Waals surface area contributed by atoms with Crippen LogP contribution in [0.2, 0.25) is 0 Å². The minimum absolute atomic E-state index is 0.374. The van der Waals surface area contributed by atoms with E-state index < -0.39 is 5.97 Å². The molecule has 0 heterocycles. The highest BCUT2D eigenvalue weighted by Gasteiger charge is 2.35. The molecule has 136 valence electrons. The Morgan fingerprint density at radius 1 is 0.826 bits per heavy atom. The number of carboxylic acids is 1. The number of carboxylic acid groups (broad SMARTS) is 1. The summed E-state index contributed by atoms with van der Waals surface area (Å²) < 4.78 is 0. The Morgan fingerprint density at radius 3 is 1.83 bits per heavy atom. The predicted octanol–water partition coefficient (Wildman–Crippen LogP) is 6.82. The lowest BCUT2D eigenvalue weighted by molar-refractivity contribution is -0.137. The van der Waals surface area contributed by atoms with Gasteiger partial charge in [0.05, 0.1) is 0 Å². The number of hydrogen-bond acceptors (Lipinski definition) is 1. The molecule has 2 unspecified atom stereocenters. The number of unbranched alkanes of at least 4 members (excludes halogenated alkanes) is 9. The van der Waals surface area contributed by atoms with Crippen molar-refractivity contribution in [2.45, 2.75) is 110 Å². The van der Waals surface area contributed by atoms with E-state index in [4.69, 9.17) is 5.11 Å². The van der Waals surface area contributed by atoms with Crippen molar-refractivity contribution >= 4 is 5.97 Å². The Hall–Kier alpha value is -0.530. The van der Waals surface area contributed by atoms with E-state index in [1.54, 1.807) is 0 Å². The molecule has 2 nitrogen and oxygen atoms in total. The molecular weight excluding hydrogens is 284 g/mol. The first-order valence-corrected chi connectivity index (χ1v) is 10.3. The maximum Gasteiger partial charge on any atom is 0.303 e. The zero-order chi connectivity index (χ0) is 16.9. The lowest BCUT2D eigenvalue weighted by Gasteiger charge is -2.05. The van der Waals surface area contributed by atoms with Crippen molar-refractivity contribution in [1.29, 1.82) is 0 Å². The van der Waals surface area contributed by atoms with Crippen LogP contribution in [-0.4, -0.2) is 11.1 Å². The summed E-state index contributed by atoms with van der Waals surface area (Å²) in [4.78, 5) is 10.5. The monoisotopic (exact) mass is 324 g/mol. The molecule has 0 aromatic carbocycles. The van der Waals surface area contributed by atoms with E-state index >= 15 is 0 Å². The Balaban J connectivity index is 1.72. The molecule has 1 fully saturated rings. The molecule has 23 heavy (non-hydrogen) atoms. The molecule has 0 aliphatic heterocycles. The molecule has 1 aliphatic rings. The van der Waals surface area contributed by atoms with Crippen molar-refractivity contribution < 1.29 is 9.90 Å².